The second-order valence-electron chi connectivity index (χ2n) is 6.71. The summed E-state index contributed by atoms with van der Waals surface area (Å²) in [5, 5.41) is 9.57. The van der Waals surface area contributed by atoms with Crippen LogP contribution in [0.25, 0.3) is 0 Å². The molecule has 1 rings (SSSR count). The number of ether oxygens (including phenoxy) is 3. The van der Waals surface area contributed by atoms with E-state index in [2.05, 4.69) is 0 Å². The molecule has 1 heterocycles. The highest BCUT2D eigenvalue weighted by atomic mass is 16.6. The molecule has 1 saturated heterocycles. The maximum Gasteiger partial charge on any atom is 0.410 e. The molecule has 24 heavy (non-hydrogen) atoms. The summed E-state index contributed by atoms with van der Waals surface area (Å²) in [7, 11) is 1.19. The van der Waals surface area contributed by atoms with Crippen molar-refractivity contribution < 1.29 is 33.7 Å². The van der Waals surface area contributed by atoms with Crippen LogP contribution in [0.5, 0.6) is 0 Å². The van der Waals surface area contributed by atoms with Crippen LogP contribution >= 0.6 is 0 Å². The molecule has 1 aliphatic heterocycles. The van der Waals surface area contributed by atoms with Gasteiger partial charge in [0.1, 0.15) is 5.60 Å². The Balaban J connectivity index is 2.84. The molecule has 0 aromatic heterocycles. The molecule has 1 unspecified atom stereocenters. The number of carboxylic acid groups (broad SMARTS) is 1. The van der Waals surface area contributed by atoms with Gasteiger partial charge in [-0.1, -0.05) is 0 Å². The first kappa shape index (κ1) is 20.2. The van der Waals surface area contributed by atoms with Gasteiger partial charge < -0.3 is 24.2 Å². The van der Waals surface area contributed by atoms with Gasteiger partial charge in [0.15, 0.2) is 0 Å². The van der Waals surface area contributed by atoms with Crippen molar-refractivity contribution in [3.05, 3.63) is 0 Å². The average Bonchev–Trinajstić information content (AvgIpc) is 2.47. The zero-order valence-electron chi connectivity index (χ0n) is 15.0. The summed E-state index contributed by atoms with van der Waals surface area (Å²) in [5.74, 6) is -2.87. The SMILES string of the molecule is CCOC(=O)C(OC)(C(=O)O)C1CCN(C(=O)OC(C)(C)C)CC1. The molecule has 8 heteroatoms. The summed E-state index contributed by atoms with van der Waals surface area (Å²) in [4.78, 5) is 37.5. The normalized spacial score (nSPS) is 18.6. The lowest BCUT2D eigenvalue weighted by Gasteiger charge is -2.39. The number of rotatable bonds is 5. The summed E-state index contributed by atoms with van der Waals surface area (Å²) in [6.45, 7) is 7.57. The summed E-state index contributed by atoms with van der Waals surface area (Å²) in [6, 6.07) is 0. The van der Waals surface area contributed by atoms with Crippen LogP contribution in [-0.4, -0.2) is 66.0 Å². The van der Waals surface area contributed by atoms with Gasteiger partial charge in [-0.2, -0.15) is 0 Å². The number of methoxy groups -OCH3 is 1. The average molecular weight is 345 g/mol. The first-order valence-electron chi connectivity index (χ1n) is 8.02. The molecule has 1 fully saturated rings. The smallest absolute Gasteiger partial charge is 0.410 e. The number of aliphatic carboxylic acids is 1. The maximum atomic E-state index is 12.2. The van der Waals surface area contributed by atoms with Gasteiger partial charge in [-0.3, -0.25) is 0 Å². The number of carboxylic acids is 1. The van der Waals surface area contributed by atoms with E-state index in [9.17, 15) is 19.5 Å². The van der Waals surface area contributed by atoms with E-state index in [4.69, 9.17) is 14.2 Å². The van der Waals surface area contributed by atoms with Crippen LogP contribution in [0.15, 0.2) is 0 Å². The minimum atomic E-state index is -2.05. The van der Waals surface area contributed by atoms with Crippen molar-refractivity contribution in [2.75, 3.05) is 26.8 Å². The van der Waals surface area contributed by atoms with Gasteiger partial charge in [0.25, 0.3) is 5.60 Å². The molecule has 0 aromatic rings. The number of esters is 1. The fourth-order valence-electron chi connectivity index (χ4n) is 2.80. The van der Waals surface area contributed by atoms with Crippen LogP contribution in [0.2, 0.25) is 0 Å². The fraction of sp³-hybridized carbons (Fsp3) is 0.812. The molecular formula is C16H27NO7. The minimum absolute atomic E-state index is 0.0635. The highest BCUT2D eigenvalue weighted by Gasteiger charge is 2.55. The Morgan fingerprint density at radius 1 is 1.17 bits per heavy atom. The van der Waals surface area contributed by atoms with E-state index >= 15 is 0 Å². The number of hydrogen-bond donors (Lipinski definition) is 1. The van der Waals surface area contributed by atoms with Crippen LogP contribution in [0.3, 0.4) is 0 Å². The third-order valence-corrected chi connectivity index (χ3v) is 3.94. The molecule has 1 aliphatic rings. The Kier molecular flexibility index (Phi) is 6.59. The van der Waals surface area contributed by atoms with Gasteiger partial charge in [-0.15, -0.1) is 0 Å². The highest BCUT2D eigenvalue weighted by Crippen LogP contribution is 2.33. The van der Waals surface area contributed by atoms with Crippen molar-refractivity contribution >= 4 is 18.0 Å². The highest BCUT2D eigenvalue weighted by molar-refractivity contribution is 6.03. The molecular weight excluding hydrogens is 318 g/mol. The second-order valence-corrected chi connectivity index (χ2v) is 6.71. The molecule has 8 nitrogen and oxygen atoms in total. The van der Waals surface area contributed by atoms with Gasteiger partial charge in [0, 0.05) is 26.1 Å². The van der Waals surface area contributed by atoms with E-state index < -0.39 is 35.2 Å². The Morgan fingerprint density at radius 2 is 1.71 bits per heavy atom. The molecule has 0 aliphatic carbocycles. The van der Waals surface area contributed by atoms with Gasteiger partial charge in [-0.05, 0) is 40.5 Å². The second kappa shape index (κ2) is 7.83. The van der Waals surface area contributed by atoms with Crippen LogP contribution in [0.4, 0.5) is 4.79 Å². The van der Waals surface area contributed by atoms with Crippen molar-refractivity contribution in [2.45, 2.75) is 51.7 Å². The van der Waals surface area contributed by atoms with E-state index in [1.54, 1.807) is 27.7 Å². The summed E-state index contributed by atoms with van der Waals surface area (Å²) >= 11 is 0. The quantitative estimate of drug-likeness (QED) is 0.597. The third-order valence-electron chi connectivity index (χ3n) is 3.94. The van der Waals surface area contributed by atoms with E-state index in [1.165, 1.54) is 12.0 Å². The lowest BCUT2D eigenvalue weighted by molar-refractivity contribution is -0.193. The van der Waals surface area contributed by atoms with Crippen molar-refractivity contribution in [1.82, 2.24) is 4.90 Å². The standard InChI is InChI=1S/C16H27NO7/c1-6-23-13(20)16(22-5,12(18)19)11-7-9-17(10-8-11)14(21)24-15(2,3)4/h11H,6-10H2,1-5H3,(H,18,19). The molecule has 1 amide bonds. The Labute approximate surface area is 142 Å². The van der Waals surface area contributed by atoms with Crippen molar-refractivity contribution in [2.24, 2.45) is 5.92 Å². The molecule has 1 atom stereocenters. The summed E-state index contributed by atoms with van der Waals surface area (Å²) < 4.78 is 15.3. The zero-order valence-corrected chi connectivity index (χ0v) is 15.0. The number of piperidine rings is 1. The van der Waals surface area contributed by atoms with E-state index in [0.29, 0.717) is 12.8 Å². The largest absolute Gasteiger partial charge is 0.479 e. The molecule has 0 aromatic carbocycles. The number of carbonyl (C=O) groups is 3. The van der Waals surface area contributed by atoms with Gasteiger partial charge >= 0.3 is 18.0 Å². The maximum absolute atomic E-state index is 12.2. The van der Waals surface area contributed by atoms with Crippen molar-refractivity contribution in [3.63, 3.8) is 0 Å². The number of carbonyl (C=O) groups excluding carboxylic acids is 2. The molecule has 0 saturated carbocycles. The number of amides is 1. The fourth-order valence-corrected chi connectivity index (χ4v) is 2.80. The Hall–Kier alpha value is -1.83. The summed E-state index contributed by atoms with van der Waals surface area (Å²) in [5.41, 5.74) is -2.65. The van der Waals surface area contributed by atoms with Crippen LogP contribution in [-0.2, 0) is 23.8 Å². The number of hydrogen-bond acceptors (Lipinski definition) is 6. The van der Waals surface area contributed by atoms with Gasteiger partial charge in [0.05, 0.1) is 6.61 Å². The molecule has 0 spiro atoms. The topological polar surface area (TPSA) is 102 Å². The van der Waals surface area contributed by atoms with E-state index in [1.807, 2.05) is 0 Å². The molecule has 0 radical (unpaired) electrons. The predicted octanol–water partition coefficient (Wildman–Crippen LogP) is 1.67. The van der Waals surface area contributed by atoms with Crippen molar-refractivity contribution in [1.29, 1.82) is 0 Å². The summed E-state index contributed by atoms with van der Waals surface area (Å²) in [6.07, 6.45) is 0.159. The zero-order chi connectivity index (χ0) is 18.5. The molecule has 138 valence electrons. The lowest BCUT2D eigenvalue weighted by Crippen LogP contribution is -2.58. The molecule has 0 bridgehead atoms. The predicted molar refractivity (Wildman–Crippen MR) is 84.5 cm³/mol. The lowest BCUT2D eigenvalue weighted by atomic mass is 9.80. The van der Waals surface area contributed by atoms with Crippen molar-refractivity contribution in [3.8, 4) is 0 Å². The monoisotopic (exact) mass is 345 g/mol. The first-order chi connectivity index (χ1) is 11.1. The van der Waals surface area contributed by atoms with Crippen LogP contribution in [0.1, 0.15) is 40.5 Å². The Bertz CT molecular complexity index is 477. The first-order valence-corrected chi connectivity index (χ1v) is 8.02. The molecule has 1 N–H and O–H groups in total. The van der Waals surface area contributed by atoms with Gasteiger partial charge in [0.2, 0.25) is 0 Å². The van der Waals surface area contributed by atoms with Crippen LogP contribution < -0.4 is 0 Å². The number of likely N-dealkylation sites (tertiary alicyclic amines) is 1. The van der Waals surface area contributed by atoms with E-state index in [0.717, 1.165) is 0 Å². The number of nitrogens with zero attached hydrogens (tertiary/aromatic N) is 1. The third kappa shape index (κ3) is 4.37. The van der Waals surface area contributed by atoms with Crippen LogP contribution in [0, 0.1) is 5.92 Å². The van der Waals surface area contributed by atoms with Gasteiger partial charge in [-0.25, -0.2) is 14.4 Å². The Morgan fingerprint density at radius 3 is 2.08 bits per heavy atom. The van der Waals surface area contributed by atoms with E-state index in [-0.39, 0.29) is 19.7 Å². The minimum Gasteiger partial charge on any atom is -0.479 e.